The fraction of sp³-hybridized carbons (Fsp3) is 0.0455. The lowest BCUT2D eigenvalue weighted by Crippen LogP contribution is -2.34. The van der Waals surface area contributed by atoms with Gasteiger partial charge in [0.15, 0.2) is 16.0 Å². The number of fused-ring (bicyclic) bond motifs is 1. The molecule has 0 radical (unpaired) electrons. The Morgan fingerprint density at radius 2 is 1.81 bits per heavy atom. The maximum atomic E-state index is 12.5. The fourth-order valence-electron chi connectivity index (χ4n) is 3.09. The highest BCUT2D eigenvalue weighted by Crippen LogP contribution is 2.34. The molecule has 156 valence electrons. The lowest BCUT2D eigenvalue weighted by Gasteiger charge is -2.10. The van der Waals surface area contributed by atoms with Gasteiger partial charge in [-0.2, -0.15) is 0 Å². The van der Waals surface area contributed by atoms with E-state index in [0.29, 0.717) is 10.9 Å². The van der Waals surface area contributed by atoms with Crippen LogP contribution in [-0.2, 0) is 0 Å². The molecule has 0 atom stereocenters. The van der Waals surface area contributed by atoms with Crippen molar-refractivity contribution in [3.8, 4) is 17.0 Å². The third-order valence-electron chi connectivity index (χ3n) is 4.48. The highest BCUT2D eigenvalue weighted by Gasteiger charge is 2.15. The maximum Gasteiger partial charge on any atom is 0.257 e. The summed E-state index contributed by atoms with van der Waals surface area (Å²) in [6.45, 7) is 0. The summed E-state index contributed by atoms with van der Waals surface area (Å²) in [6, 6.07) is 17.1. The molecule has 3 aromatic carbocycles. The third-order valence-corrected chi connectivity index (χ3v) is 6.01. The van der Waals surface area contributed by atoms with Crippen LogP contribution in [0.4, 0.5) is 5.13 Å². The first-order chi connectivity index (χ1) is 15.0. The zero-order valence-corrected chi connectivity index (χ0v) is 19.3. The molecular formula is C22H15Cl2N3O2S2. The van der Waals surface area contributed by atoms with E-state index < -0.39 is 5.91 Å². The average Bonchev–Trinajstić information content (AvgIpc) is 3.21. The van der Waals surface area contributed by atoms with Crippen LogP contribution >= 0.6 is 46.8 Å². The second-order valence-electron chi connectivity index (χ2n) is 6.45. The highest BCUT2D eigenvalue weighted by molar-refractivity contribution is 7.80. The Morgan fingerprint density at radius 3 is 2.55 bits per heavy atom. The van der Waals surface area contributed by atoms with Crippen LogP contribution in [-0.4, -0.2) is 23.1 Å². The molecule has 4 aromatic rings. The van der Waals surface area contributed by atoms with Crippen LogP contribution in [0.25, 0.3) is 22.0 Å². The standard InChI is InChI=1S/C22H15Cl2N3O2S2/c1-29-19-16(23)9-13(10-17(19)24)20(28)26-21(30)27-22-25-18(11-31-22)15-8-4-6-12-5-2-3-7-14(12)15/h2-11H,1H3,(H2,25,26,27,28,30). The molecule has 1 aromatic heterocycles. The van der Waals surface area contributed by atoms with Crippen molar-refractivity contribution in [1.82, 2.24) is 10.3 Å². The maximum absolute atomic E-state index is 12.5. The number of hydrogen-bond acceptors (Lipinski definition) is 5. The van der Waals surface area contributed by atoms with Crippen LogP contribution in [0.1, 0.15) is 10.4 Å². The summed E-state index contributed by atoms with van der Waals surface area (Å²) in [5, 5.41) is 10.9. The quantitative estimate of drug-likeness (QED) is 0.325. The molecule has 4 rings (SSSR count). The Balaban J connectivity index is 1.48. The molecular weight excluding hydrogens is 473 g/mol. The van der Waals surface area contributed by atoms with E-state index in [-0.39, 0.29) is 20.7 Å². The van der Waals surface area contributed by atoms with Gasteiger partial charge in [0.2, 0.25) is 0 Å². The van der Waals surface area contributed by atoms with E-state index in [1.807, 2.05) is 29.6 Å². The first-order valence-electron chi connectivity index (χ1n) is 9.05. The van der Waals surface area contributed by atoms with Crippen molar-refractivity contribution in [3.63, 3.8) is 0 Å². The molecule has 31 heavy (non-hydrogen) atoms. The molecule has 1 heterocycles. The molecule has 0 saturated heterocycles. The Hall–Kier alpha value is -2.71. The van der Waals surface area contributed by atoms with Crippen molar-refractivity contribution in [2.45, 2.75) is 0 Å². The predicted octanol–water partition coefficient (Wildman–Crippen LogP) is 6.41. The number of hydrogen-bond donors (Lipinski definition) is 2. The van der Waals surface area contributed by atoms with E-state index >= 15 is 0 Å². The summed E-state index contributed by atoms with van der Waals surface area (Å²) < 4.78 is 5.10. The first kappa shape index (κ1) is 21.5. The Bertz CT molecular complexity index is 1280. The second kappa shape index (κ2) is 9.20. The van der Waals surface area contributed by atoms with Crippen LogP contribution in [0.5, 0.6) is 5.75 Å². The van der Waals surface area contributed by atoms with Gasteiger partial charge in [0.1, 0.15) is 0 Å². The number of benzene rings is 3. The zero-order chi connectivity index (χ0) is 22.0. The number of rotatable bonds is 4. The van der Waals surface area contributed by atoms with E-state index in [0.717, 1.165) is 22.0 Å². The number of thiazole rings is 1. The largest absolute Gasteiger partial charge is 0.494 e. The van der Waals surface area contributed by atoms with Crippen LogP contribution in [0.15, 0.2) is 60.0 Å². The van der Waals surface area contributed by atoms with E-state index in [4.69, 9.17) is 40.2 Å². The van der Waals surface area contributed by atoms with Gasteiger partial charge in [-0.15, -0.1) is 11.3 Å². The highest BCUT2D eigenvalue weighted by atomic mass is 35.5. The molecule has 0 unspecified atom stereocenters. The van der Waals surface area contributed by atoms with E-state index in [9.17, 15) is 4.79 Å². The van der Waals surface area contributed by atoms with Gasteiger partial charge in [-0.1, -0.05) is 65.7 Å². The average molecular weight is 488 g/mol. The van der Waals surface area contributed by atoms with E-state index in [1.165, 1.54) is 30.6 Å². The molecule has 0 bridgehead atoms. The molecule has 0 fully saturated rings. The molecule has 0 aliphatic rings. The number of aromatic nitrogens is 1. The number of amides is 1. The number of nitrogens with zero attached hydrogens (tertiary/aromatic N) is 1. The Morgan fingerprint density at radius 1 is 1.10 bits per heavy atom. The predicted molar refractivity (Wildman–Crippen MR) is 132 cm³/mol. The number of carbonyl (C=O) groups excluding carboxylic acids is 1. The van der Waals surface area contributed by atoms with Crippen LogP contribution in [0.3, 0.4) is 0 Å². The summed E-state index contributed by atoms with van der Waals surface area (Å²) in [5.74, 6) is -0.140. The minimum Gasteiger partial charge on any atom is -0.494 e. The topological polar surface area (TPSA) is 63.2 Å². The molecule has 1 amide bonds. The monoisotopic (exact) mass is 487 g/mol. The molecule has 0 spiro atoms. The van der Waals surface area contributed by atoms with Crippen molar-refractivity contribution in [2.75, 3.05) is 12.4 Å². The fourth-order valence-corrected chi connectivity index (χ4v) is 4.70. The van der Waals surface area contributed by atoms with Crippen LogP contribution in [0.2, 0.25) is 10.0 Å². The number of halogens is 2. The Kier molecular flexibility index (Phi) is 6.38. The van der Waals surface area contributed by atoms with Crippen molar-refractivity contribution in [3.05, 3.63) is 75.6 Å². The lowest BCUT2D eigenvalue weighted by molar-refractivity contribution is 0.0977. The summed E-state index contributed by atoms with van der Waals surface area (Å²) in [5.41, 5.74) is 2.11. The van der Waals surface area contributed by atoms with Crippen LogP contribution in [0, 0.1) is 0 Å². The van der Waals surface area contributed by atoms with Gasteiger partial charge < -0.3 is 10.1 Å². The molecule has 2 N–H and O–H groups in total. The van der Waals surface area contributed by atoms with Gasteiger partial charge in [-0.3, -0.25) is 10.1 Å². The number of anilines is 1. The Labute approximate surface area is 198 Å². The van der Waals surface area contributed by atoms with Gasteiger partial charge in [-0.05, 0) is 35.1 Å². The molecule has 0 aliphatic carbocycles. The molecule has 0 aliphatic heterocycles. The van der Waals surface area contributed by atoms with Crippen molar-refractivity contribution in [2.24, 2.45) is 0 Å². The molecule has 9 heteroatoms. The minimum atomic E-state index is -0.449. The summed E-state index contributed by atoms with van der Waals surface area (Å²) in [6.07, 6.45) is 0. The van der Waals surface area contributed by atoms with Crippen molar-refractivity contribution < 1.29 is 9.53 Å². The normalized spacial score (nSPS) is 10.7. The van der Waals surface area contributed by atoms with Gasteiger partial charge in [0.05, 0.1) is 22.8 Å². The third kappa shape index (κ3) is 4.65. The molecule has 0 saturated carbocycles. The number of ether oxygens (including phenoxy) is 1. The van der Waals surface area contributed by atoms with Gasteiger partial charge in [0.25, 0.3) is 5.91 Å². The smallest absolute Gasteiger partial charge is 0.257 e. The zero-order valence-electron chi connectivity index (χ0n) is 16.1. The number of carbonyl (C=O) groups is 1. The van der Waals surface area contributed by atoms with Gasteiger partial charge in [0, 0.05) is 16.5 Å². The number of thiocarbonyl (C=S) groups is 1. The van der Waals surface area contributed by atoms with Crippen LogP contribution < -0.4 is 15.4 Å². The van der Waals surface area contributed by atoms with Crippen molar-refractivity contribution >= 4 is 73.7 Å². The number of methoxy groups -OCH3 is 1. The first-order valence-corrected chi connectivity index (χ1v) is 11.1. The minimum absolute atomic E-state index is 0.117. The van der Waals surface area contributed by atoms with E-state index in [2.05, 4.69) is 33.8 Å². The lowest BCUT2D eigenvalue weighted by atomic mass is 10.0. The van der Waals surface area contributed by atoms with E-state index in [1.54, 1.807) is 0 Å². The summed E-state index contributed by atoms with van der Waals surface area (Å²) >= 11 is 18.9. The molecule has 5 nitrogen and oxygen atoms in total. The SMILES string of the molecule is COc1c(Cl)cc(C(=O)NC(=S)Nc2nc(-c3cccc4ccccc34)cs2)cc1Cl. The summed E-state index contributed by atoms with van der Waals surface area (Å²) in [4.78, 5) is 17.1. The van der Waals surface area contributed by atoms with Gasteiger partial charge in [-0.25, -0.2) is 4.98 Å². The van der Waals surface area contributed by atoms with Crippen molar-refractivity contribution in [1.29, 1.82) is 0 Å². The second-order valence-corrected chi connectivity index (χ2v) is 8.53. The number of nitrogens with one attached hydrogen (secondary N) is 2. The van der Waals surface area contributed by atoms with Gasteiger partial charge >= 0.3 is 0 Å². The summed E-state index contributed by atoms with van der Waals surface area (Å²) in [7, 11) is 1.45.